The van der Waals surface area contributed by atoms with Crippen LogP contribution in [0.1, 0.15) is 47.6 Å². The van der Waals surface area contributed by atoms with Crippen molar-refractivity contribution in [2.45, 2.75) is 37.3 Å². The first-order chi connectivity index (χ1) is 14.5. The summed E-state index contributed by atoms with van der Waals surface area (Å²) in [5, 5.41) is 3.18. The van der Waals surface area contributed by atoms with Crippen LogP contribution >= 0.6 is 0 Å². The highest BCUT2D eigenvalue weighted by molar-refractivity contribution is 5.95. The van der Waals surface area contributed by atoms with Gasteiger partial charge in [-0.05, 0) is 30.7 Å². The molecule has 2 atom stereocenters. The van der Waals surface area contributed by atoms with Crippen molar-refractivity contribution in [1.29, 1.82) is 0 Å². The topological polar surface area (TPSA) is 77.1 Å². The van der Waals surface area contributed by atoms with Gasteiger partial charge in [-0.25, -0.2) is 0 Å². The molecule has 1 saturated heterocycles. The first kappa shape index (κ1) is 18.8. The summed E-state index contributed by atoms with van der Waals surface area (Å²) in [4.78, 5) is 27.0. The van der Waals surface area contributed by atoms with Crippen LogP contribution in [0.15, 0.2) is 42.5 Å². The predicted octanol–water partition coefficient (Wildman–Crippen LogP) is 3.05. The molecule has 2 amide bonds. The highest BCUT2D eigenvalue weighted by Gasteiger charge is 2.43. The minimum absolute atomic E-state index is 0.135. The highest BCUT2D eigenvalue weighted by Crippen LogP contribution is 2.44. The molecule has 1 N–H and O–H groups in total. The maximum Gasteiger partial charge on any atom is 0.251 e. The van der Waals surface area contributed by atoms with Crippen LogP contribution in [0.2, 0.25) is 0 Å². The van der Waals surface area contributed by atoms with Crippen molar-refractivity contribution >= 4 is 11.8 Å². The van der Waals surface area contributed by atoms with Gasteiger partial charge in [0.2, 0.25) is 12.7 Å². The molecule has 3 heterocycles. The predicted molar refractivity (Wildman–Crippen MR) is 109 cm³/mol. The fourth-order valence-corrected chi connectivity index (χ4v) is 4.48. The number of para-hydroxylation sites is 1. The molecule has 2 aromatic rings. The first-order valence-corrected chi connectivity index (χ1v) is 10.3. The molecule has 156 valence electrons. The molecule has 30 heavy (non-hydrogen) atoms. The fourth-order valence-electron chi connectivity index (χ4n) is 4.48. The molecule has 0 aliphatic carbocycles. The van der Waals surface area contributed by atoms with Crippen LogP contribution in [0, 0.1) is 0 Å². The minimum Gasteiger partial charge on any atom is -0.487 e. The van der Waals surface area contributed by atoms with Crippen molar-refractivity contribution in [3.63, 3.8) is 0 Å². The number of likely N-dealkylation sites (tertiary alicyclic amines) is 1. The average molecular weight is 408 g/mol. The molecule has 0 bridgehead atoms. The van der Waals surface area contributed by atoms with E-state index in [1.807, 2.05) is 31.3 Å². The van der Waals surface area contributed by atoms with Crippen molar-refractivity contribution in [2.24, 2.45) is 0 Å². The number of nitrogens with one attached hydrogen (secondary N) is 1. The van der Waals surface area contributed by atoms with Crippen LogP contribution in [0.3, 0.4) is 0 Å². The Hall–Kier alpha value is -3.22. The van der Waals surface area contributed by atoms with Crippen LogP contribution in [0.25, 0.3) is 0 Å². The van der Waals surface area contributed by atoms with Gasteiger partial charge in [0.05, 0.1) is 6.04 Å². The molecule has 7 nitrogen and oxygen atoms in total. The molecular formula is C23H24N2O5. The van der Waals surface area contributed by atoms with Crippen LogP contribution in [-0.2, 0) is 4.79 Å². The zero-order chi connectivity index (χ0) is 20.7. The SMILES string of the molecule is CN1CC[C@]2(CCC1=O)C[C@@H](NC(=O)c1ccc3c(c1)OCO3)c1ccccc1O2. The van der Waals surface area contributed by atoms with E-state index in [1.165, 1.54) is 0 Å². The maximum absolute atomic E-state index is 13.1. The standard InChI is InChI=1S/C23H24N2O5/c1-25-11-10-23(9-8-21(25)26)13-17(16-4-2-3-5-18(16)30-23)24-22(27)15-6-7-19-20(12-15)29-14-28-19/h2-7,12,17H,8-11,13-14H2,1H3,(H,24,27)/t17-,23-/m1/s1. The average Bonchev–Trinajstić information content (AvgIpc) is 3.19. The van der Waals surface area contributed by atoms with E-state index in [2.05, 4.69) is 5.32 Å². The van der Waals surface area contributed by atoms with Crippen molar-refractivity contribution in [3.05, 3.63) is 53.6 Å². The second kappa shape index (κ2) is 7.23. The largest absolute Gasteiger partial charge is 0.487 e. The number of hydrogen-bond acceptors (Lipinski definition) is 5. The number of ether oxygens (including phenoxy) is 3. The van der Waals surface area contributed by atoms with E-state index in [0.29, 0.717) is 42.9 Å². The third-order valence-electron chi connectivity index (χ3n) is 6.26. The third-order valence-corrected chi connectivity index (χ3v) is 6.26. The smallest absolute Gasteiger partial charge is 0.251 e. The van der Waals surface area contributed by atoms with E-state index in [1.54, 1.807) is 23.1 Å². The van der Waals surface area contributed by atoms with Crippen LogP contribution in [-0.4, -0.2) is 42.7 Å². The summed E-state index contributed by atoms with van der Waals surface area (Å²) in [6.07, 6.45) is 2.45. The Labute approximate surface area is 174 Å². The number of carbonyl (C=O) groups is 2. The van der Waals surface area contributed by atoms with Crippen LogP contribution < -0.4 is 19.5 Å². The van der Waals surface area contributed by atoms with Gasteiger partial charge >= 0.3 is 0 Å². The van der Waals surface area contributed by atoms with Crippen LogP contribution in [0.5, 0.6) is 17.2 Å². The van der Waals surface area contributed by atoms with E-state index in [0.717, 1.165) is 17.7 Å². The summed E-state index contributed by atoms with van der Waals surface area (Å²) in [5.74, 6) is 1.96. The third kappa shape index (κ3) is 3.34. The normalized spacial score (nSPS) is 24.8. The summed E-state index contributed by atoms with van der Waals surface area (Å²) in [5.41, 5.74) is 1.01. The zero-order valence-corrected chi connectivity index (χ0v) is 16.8. The molecule has 0 unspecified atom stereocenters. The Balaban J connectivity index is 1.42. The molecule has 0 saturated carbocycles. The number of hydrogen-bond donors (Lipinski definition) is 1. The Morgan fingerprint density at radius 2 is 1.93 bits per heavy atom. The van der Waals surface area contributed by atoms with Crippen molar-refractivity contribution in [2.75, 3.05) is 20.4 Å². The quantitative estimate of drug-likeness (QED) is 0.827. The Morgan fingerprint density at radius 3 is 2.83 bits per heavy atom. The molecule has 7 heteroatoms. The number of nitrogens with zero attached hydrogens (tertiary/aromatic N) is 1. The van der Waals surface area contributed by atoms with E-state index < -0.39 is 5.60 Å². The van der Waals surface area contributed by atoms with Gasteiger partial charge in [0.25, 0.3) is 5.91 Å². The lowest BCUT2D eigenvalue weighted by molar-refractivity contribution is -0.129. The molecule has 3 aliphatic rings. The number of benzene rings is 2. The van der Waals surface area contributed by atoms with Crippen molar-refractivity contribution in [1.82, 2.24) is 10.2 Å². The summed E-state index contributed by atoms with van der Waals surface area (Å²) in [7, 11) is 1.83. The molecule has 2 aromatic carbocycles. The Morgan fingerprint density at radius 1 is 1.10 bits per heavy atom. The van der Waals surface area contributed by atoms with Gasteiger partial charge in [0, 0.05) is 44.0 Å². The number of carbonyl (C=O) groups excluding carboxylic acids is 2. The zero-order valence-electron chi connectivity index (χ0n) is 16.8. The van der Waals surface area contributed by atoms with E-state index in [-0.39, 0.29) is 24.6 Å². The monoisotopic (exact) mass is 408 g/mol. The van der Waals surface area contributed by atoms with Gasteiger partial charge in [-0.2, -0.15) is 0 Å². The van der Waals surface area contributed by atoms with E-state index in [4.69, 9.17) is 14.2 Å². The van der Waals surface area contributed by atoms with E-state index >= 15 is 0 Å². The van der Waals surface area contributed by atoms with Gasteiger partial charge in [0.1, 0.15) is 11.4 Å². The molecule has 1 spiro atoms. The summed E-state index contributed by atoms with van der Waals surface area (Å²) < 4.78 is 17.2. The summed E-state index contributed by atoms with van der Waals surface area (Å²) in [6.45, 7) is 0.813. The van der Waals surface area contributed by atoms with Gasteiger partial charge in [-0.15, -0.1) is 0 Å². The fraction of sp³-hybridized carbons (Fsp3) is 0.391. The lowest BCUT2D eigenvalue weighted by Crippen LogP contribution is -2.45. The Bertz CT molecular complexity index is 1010. The summed E-state index contributed by atoms with van der Waals surface area (Å²) >= 11 is 0. The van der Waals surface area contributed by atoms with Crippen LogP contribution in [0.4, 0.5) is 0 Å². The van der Waals surface area contributed by atoms with Gasteiger partial charge in [-0.3, -0.25) is 9.59 Å². The van der Waals surface area contributed by atoms with Gasteiger partial charge in [-0.1, -0.05) is 18.2 Å². The Kier molecular flexibility index (Phi) is 4.53. The molecule has 1 fully saturated rings. The molecule has 0 radical (unpaired) electrons. The molecule has 5 rings (SSSR count). The van der Waals surface area contributed by atoms with E-state index in [9.17, 15) is 9.59 Å². The highest BCUT2D eigenvalue weighted by atomic mass is 16.7. The maximum atomic E-state index is 13.1. The van der Waals surface area contributed by atoms with Gasteiger partial charge in [0.15, 0.2) is 11.5 Å². The number of fused-ring (bicyclic) bond motifs is 2. The molecule has 0 aromatic heterocycles. The first-order valence-electron chi connectivity index (χ1n) is 10.3. The second-order valence-corrected chi connectivity index (χ2v) is 8.19. The lowest BCUT2D eigenvalue weighted by Gasteiger charge is -2.42. The summed E-state index contributed by atoms with van der Waals surface area (Å²) in [6, 6.07) is 12.8. The van der Waals surface area contributed by atoms with Crippen molar-refractivity contribution < 1.29 is 23.8 Å². The molecular weight excluding hydrogens is 384 g/mol. The molecule has 3 aliphatic heterocycles. The minimum atomic E-state index is -0.471. The lowest BCUT2D eigenvalue weighted by atomic mass is 9.82. The second-order valence-electron chi connectivity index (χ2n) is 8.19. The number of rotatable bonds is 2. The van der Waals surface area contributed by atoms with Gasteiger partial charge < -0.3 is 24.4 Å². The number of amides is 2. The van der Waals surface area contributed by atoms with Crippen molar-refractivity contribution in [3.8, 4) is 17.2 Å².